The fourth-order valence-electron chi connectivity index (χ4n) is 2.44. The highest BCUT2D eigenvalue weighted by molar-refractivity contribution is 5.79. The summed E-state index contributed by atoms with van der Waals surface area (Å²) < 4.78 is 0. The molecule has 2 rings (SSSR count). The molecule has 0 radical (unpaired) electrons. The zero-order chi connectivity index (χ0) is 14.5. The zero-order valence-electron chi connectivity index (χ0n) is 11.7. The third kappa shape index (κ3) is 3.77. The molecule has 20 heavy (non-hydrogen) atoms. The minimum atomic E-state index is -0.349. The SMILES string of the molecule is CC(=O)N1CCN(Cc2ccncc2)CC(C(N)=O)C1. The molecule has 1 fully saturated rings. The number of nitrogens with two attached hydrogens (primary N) is 1. The van der Waals surface area contributed by atoms with Crippen LogP contribution in [0.2, 0.25) is 0 Å². The molecule has 0 bridgehead atoms. The second kappa shape index (κ2) is 6.47. The maximum absolute atomic E-state index is 11.5. The predicted octanol–water partition coefficient (Wildman–Crippen LogP) is -0.153. The Morgan fingerprint density at radius 1 is 1.30 bits per heavy atom. The van der Waals surface area contributed by atoms with Crippen molar-refractivity contribution in [1.29, 1.82) is 0 Å². The van der Waals surface area contributed by atoms with Crippen LogP contribution in [0, 0.1) is 5.92 Å². The van der Waals surface area contributed by atoms with Gasteiger partial charge < -0.3 is 10.6 Å². The van der Waals surface area contributed by atoms with Gasteiger partial charge in [-0.2, -0.15) is 0 Å². The molecule has 1 aromatic rings. The van der Waals surface area contributed by atoms with Crippen molar-refractivity contribution in [1.82, 2.24) is 14.8 Å². The van der Waals surface area contributed by atoms with Gasteiger partial charge in [0.15, 0.2) is 0 Å². The Labute approximate surface area is 118 Å². The van der Waals surface area contributed by atoms with Crippen LogP contribution in [0.3, 0.4) is 0 Å². The molecule has 0 spiro atoms. The number of primary amides is 1. The van der Waals surface area contributed by atoms with Crippen molar-refractivity contribution in [3.05, 3.63) is 30.1 Å². The van der Waals surface area contributed by atoms with Crippen LogP contribution >= 0.6 is 0 Å². The highest BCUT2D eigenvalue weighted by Gasteiger charge is 2.27. The first-order valence-electron chi connectivity index (χ1n) is 6.72. The van der Waals surface area contributed by atoms with Gasteiger partial charge in [0.25, 0.3) is 0 Å². The molecule has 1 aliphatic heterocycles. The predicted molar refractivity (Wildman–Crippen MR) is 74.5 cm³/mol. The lowest BCUT2D eigenvalue weighted by Crippen LogP contribution is -2.39. The van der Waals surface area contributed by atoms with Gasteiger partial charge in [0.2, 0.25) is 11.8 Å². The largest absolute Gasteiger partial charge is 0.369 e. The molecular weight excluding hydrogens is 256 g/mol. The maximum Gasteiger partial charge on any atom is 0.223 e. The second-order valence-corrected chi connectivity index (χ2v) is 5.15. The van der Waals surface area contributed by atoms with E-state index < -0.39 is 0 Å². The molecule has 0 saturated carbocycles. The van der Waals surface area contributed by atoms with Gasteiger partial charge in [-0.1, -0.05) is 0 Å². The molecular formula is C14H20N4O2. The van der Waals surface area contributed by atoms with Gasteiger partial charge in [-0.3, -0.25) is 19.5 Å². The van der Waals surface area contributed by atoms with Crippen LogP contribution in [-0.4, -0.2) is 52.8 Å². The van der Waals surface area contributed by atoms with E-state index in [1.165, 1.54) is 6.92 Å². The molecule has 2 amide bonds. The lowest BCUT2D eigenvalue weighted by Gasteiger charge is -2.21. The Kier molecular flexibility index (Phi) is 4.68. The number of hydrogen-bond donors (Lipinski definition) is 1. The van der Waals surface area contributed by atoms with E-state index in [9.17, 15) is 9.59 Å². The van der Waals surface area contributed by atoms with E-state index in [0.29, 0.717) is 19.6 Å². The van der Waals surface area contributed by atoms with Crippen molar-refractivity contribution in [2.75, 3.05) is 26.2 Å². The van der Waals surface area contributed by atoms with Crippen molar-refractivity contribution < 1.29 is 9.59 Å². The lowest BCUT2D eigenvalue weighted by molar-refractivity contribution is -0.130. The number of aromatic nitrogens is 1. The van der Waals surface area contributed by atoms with Crippen LogP contribution in [0.15, 0.2) is 24.5 Å². The van der Waals surface area contributed by atoms with Gasteiger partial charge in [-0.15, -0.1) is 0 Å². The molecule has 6 nitrogen and oxygen atoms in total. The first-order valence-corrected chi connectivity index (χ1v) is 6.72. The summed E-state index contributed by atoms with van der Waals surface area (Å²) in [4.78, 5) is 30.9. The minimum Gasteiger partial charge on any atom is -0.369 e. The monoisotopic (exact) mass is 276 g/mol. The summed E-state index contributed by atoms with van der Waals surface area (Å²) in [5, 5.41) is 0. The highest BCUT2D eigenvalue weighted by Crippen LogP contribution is 2.13. The van der Waals surface area contributed by atoms with Gasteiger partial charge in [-0.25, -0.2) is 0 Å². The molecule has 108 valence electrons. The number of nitrogens with zero attached hydrogens (tertiary/aromatic N) is 3. The van der Waals surface area contributed by atoms with Gasteiger partial charge in [0.1, 0.15) is 0 Å². The first-order chi connectivity index (χ1) is 9.56. The van der Waals surface area contributed by atoms with E-state index in [2.05, 4.69) is 9.88 Å². The Morgan fingerprint density at radius 3 is 2.60 bits per heavy atom. The number of hydrogen-bond acceptors (Lipinski definition) is 4. The summed E-state index contributed by atoms with van der Waals surface area (Å²) in [5.41, 5.74) is 6.58. The van der Waals surface area contributed by atoms with E-state index in [4.69, 9.17) is 5.73 Å². The number of rotatable bonds is 3. The van der Waals surface area contributed by atoms with Crippen molar-refractivity contribution in [2.45, 2.75) is 13.5 Å². The number of amides is 2. The number of pyridine rings is 1. The first kappa shape index (κ1) is 14.5. The van der Waals surface area contributed by atoms with E-state index in [1.54, 1.807) is 17.3 Å². The summed E-state index contributed by atoms with van der Waals surface area (Å²) in [6, 6.07) is 3.90. The average Bonchev–Trinajstić information content (AvgIpc) is 2.63. The second-order valence-electron chi connectivity index (χ2n) is 5.15. The van der Waals surface area contributed by atoms with Crippen molar-refractivity contribution in [2.24, 2.45) is 11.7 Å². The van der Waals surface area contributed by atoms with Crippen molar-refractivity contribution >= 4 is 11.8 Å². The standard InChI is InChI=1S/C14H20N4O2/c1-11(19)18-7-6-17(9-13(10-18)14(15)20)8-12-2-4-16-5-3-12/h2-5,13H,6-10H2,1H3,(H2,15,20). The van der Waals surface area contributed by atoms with Gasteiger partial charge in [0, 0.05) is 52.0 Å². The Bertz CT molecular complexity index is 477. The maximum atomic E-state index is 11.5. The summed E-state index contributed by atoms with van der Waals surface area (Å²) in [6.07, 6.45) is 3.50. The molecule has 1 atom stereocenters. The summed E-state index contributed by atoms with van der Waals surface area (Å²) >= 11 is 0. The molecule has 1 saturated heterocycles. The van der Waals surface area contributed by atoms with Gasteiger partial charge in [0.05, 0.1) is 5.92 Å². The van der Waals surface area contributed by atoms with Crippen LogP contribution < -0.4 is 5.73 Å². The van der Waals surface area contributed by atoms with Crippen LogP contribution in [-0.2, 0) is 16.1 Å². The Balaban J connectivity index is 2.06. The summed E-state index contributed by atoms with van der Waals surface area (Å²) in [6.45, 7) is 4.63. The lowest BCUT2D eigenvalue weighted by atomic mass is 10.1. The molecule has 0 aliphatic carbocycles. The van der Waals surface area contributed by atoms with Gasteiger partial charge in [-0.05, 0) is 17.7 Å². The molecule has 1 unspecified atom stereocenters. The highest BCUT2D eigenvalue weighted by atomic mass is 16.2. The van der Waals surface area contributed by atoms with E-state index in [-0.39, 0.29) is 17.7 Å². The molecule has 2 heterocycles. The van der Waals surface area contributed by atoms with E-state index >= 15 is 0 Å². The summed E-state index contributed by atoms with van der Waals surface area (Å²) in [5.74, 6) is -0.678. The van der Waals surface area contributed by atoms with Crippen molar-refractivity contribution in [3.63, 3.8) is 0 Å². The Morgan fingerprint density at radius 2 is 2.00 bits per heavy atom. The fraction of sp³-hybridized carbons (Fsp3) is 0.500. The zero-order valence-corrected chi connectivity index (χ0v) is 11.7. The van der Waals surface area contributed by atoms with E-state index in [1.807, 2.05) is 12.1 Å². The molecule has 2 N–H and O–H groups in total. The fourth-order valence-corrected chi connectivity index (χ4v) is 2.44. The molecule has 0 aromatic carbocycles. The smallest absolute Gasteiger partial charge is 0.223 e. The van der Waals surface area contributed by atoms with Crippen LogP contribution in [0.25, 0.3) is 0 Å². The number of carbonyl (C=O) groups is 2. The molecule has 6 heteroatoms. The minimum absolute atomic E-state index is 0.0120. The van der Waals surface area contributed by atoms with Crippen LogP contribution in [0.4, 0.5) is 0 Å². The third-order valence-corrected chi connectivity index (χ3v) is 3.61. The van der Waals surface area contributed by atoms with Crippen molar-refractivity contribution in [3.8, 4) is 0 Å². The quantitative estimate of drug-likeness (QED) is 0.832. The molecule has 1 aliphatic rings. The van der Waals surface area contributed by atoms with Crippen LogP contribution in [0.1, 0.15) is 12.5 Å². The van der Waals surface area contributed by atoms with E-state index in [0.717, 1.165) is 18.7 Å². The molecule has 1 aromatic heterocycles. The number of carbonyl (C=O) groups excluding carboxylic acids is 2. The topological polar surface area (TPSA) is 79.5 Å². The van der Waals surface area contributed by atoms with Crippen LogP contribution in [0.5, 0.6) is 0 Å². The normalized spacial score (nSPS) is 20.4. The average molecular weight is 276 g/mol. The van der Waals surface area contributed by atoms with Gasteiger partial charge >= 0.3 is 0 Å². The Hall–Kier alpha value is -1.95. The third-order valence-electron chi connectivity index (χ3n) is 3.61. The summed E-state index contributed by atoms with van der Waals surface area (Å²) in [7, 11) is 0.